The monoisotopic (exact) mass is 335 g/mol. The van der Waals surface area contributed by atoms with Gasteiger partial charge in [-0.15, -0.1) is 0 Å². The van der Waals surface area contributed by atoms with Gasteiger partial charge in [-0.1, -0.05) is 12.1 Å². The zero-order valence-corrected chi connectivity index (χ0v) is 13.9. The molecule has 126 valence electrons. The van der Waals surface area contributed by atoms with Crippen LogP contribution in [-0.2, 0) is 0 Å². The summed E-state index contributed by atoms with van der Waals surface area (Å²) in [6.45, 7) is 3.96. The number of carbonyl (C=O) groups is 1. The van der Waals surface area contributed by atoms with Gasteiger partial charge in [0, 0.05) is 18.5 Å². The number of H-pyrrole nitrogens is 1. The summed E-state index contributed by atoms with van der Waals surface area (Å²) in [7, 11) is 0. The third-order valence-electron chi connectivity index (χ3n) is 3.83. The Morgan fingerprint density at radius 1 is 1.12 bits per heavy atom. The molecule has 25 heavy (non-hydrogen) atoms. The Balaban J connectivity index is 1.86. The molecule has 1 aromatic carbocycles. The molecule has 0 fully saturated rings. The van der Waals surface area contributed by atoms with Gasteiger partial charge in [0.1, 0.15) is 11.4 Å². The Morgan fingerprint density at radius 3 is 2.72 bits per heavy atom. The van der Waals surface area contributed by atoms with E-state index in [0.717, 1.165) is 11.1 Å². The summed E-state index contributed by atoms with van der Waals surface area (Å²) in [5.74, 6) is 0.613. The number of nitrogens with one attached hydrogen (secondary N) is 2. The highest BCUT2D eigenvalue weighted by molar-refractivity contribution is 6.04. The number of ether oxygens (including phenoxy) is 1. The van der Waals surface area contributed by atoms with Crippen LogP contribution in [0.3, 0.4) is 0 Å². The minimum absolute atomic E-state index is 0.267. The lowest BCUT2D eigenvalue weighted by Crippen LogP contribution is -2.15. The summed E-state index contributed by atoms with van der Waals surface area (Å²) >= 11 is 0. The molecule has 1 amide bonds. The van der Waals surface area contributed by atoms with Crippen molar-refractivity contribution in [3.63, 3.8) is 0 Å². The van der Waals surface area contributed by atoms with E-state index in [1.54, 1.807) is 18.3 Å². The van der Waals surface area contributed by atoms with Crippen LogP contribution in [0, 0.1) is 13.8 Å². The fraction of sp³-hybridized carbons (Fsp3) is 0.105. The van der Waals surface area contributed by atoms with Crippen molar-refractivity contribution in [2.45, 2.75) is 13.8 Å². The van der Waals surface area contributed by atoms with E-state index < -0.39 is 0 Å². The number of aryl methyl sites for hydroxylation is 1. The average Bonchev–Trinajstić information content (AvgIpc) is 2.61. The smallest absolute Gasteiger partial charge is 0.257 e. The first-order valence-corrected chi connectivity index (χ1v) is 7.74. The summed E-state index contributed by atoms with van der Waals surface area (Å²) in [6, 6.07) is 11.9. The van der Waals surface area contributed by atoms with Gasteiger partial charge in [-0.05, 0) is 49.2 Å². The van der Waals surface area contributed by atoms with E-state index in [9.17, 15) is 9.59 Å². The van der Waals surface area contributed by atoms with E-state index in [1.807, 2.05) is 32.0 Å². The molecule has 0 aliphatic rings. The van der Waals surface area contributed by atoms with Gasteiger partial charge in [-0.2, -0.15) is 0 Å². The molecular formula is C19H17N3O3. The van der Waals surface area contributed by atoms with E-state index in [-0.39, 0.29) is 11.5 Å². The molecule has 0 saturated heterocycles. The number of carbonyl (C=O) groups excluding carboxylic acids is 1. The zero-order chi connectivity index (χ0) is 17.8. The molecule has 6 nitrogen and oxygen atoms in total. The third kappa shape index (κ3) is 3.74. The minimum Gasteiger partial charge on any atom is -0.437 e. The molecule has 0 aliphatic heterocycles. The molecular weight excluding hydrogens is 318 g/mol. The molecule has 0 unspecified atom stereocenters. The molecule has 2 N–H and O–H groups in total. The van der Waals surface area contributed by atoms with Crippen molar-refractivity contribution in [1.82, 2.24) is 9.97 Å². The number of anilines is 1. The van der Waals surface area contributed by atoms with Crippen LogP contribution >= 0.6 is 0 Å². The molecule has 0 bridgehead atoms. The number of rotatable bonds is 4. The number of aromatic nitrogens is 2. The number of benzene rings is 1. The predicted octanol–water partition coefficient (Wildman–Crippen LogP) is 3.43. The first-order chi connectivity index (χ1) is 12.0. The predicted molar refractivity (Wildman–Crippen MR) is 95.2 cm³/mol. The molecule has 0 atom stereocenters. The van der Waals surface area contributed by atoms with E-state index in [1.165, 1.54) is 18.3 Å². The number of pyridine rings is 2. The van der Waals surface area contributed by atoms with Crippen LogP contribution in [0.25, 0.3) is 0 Å². The normalized spacial score (nSPS) is 10.3. The quantitative estimate of drug-likeness (QED) is 0.765. The fourth-order valence-corrected chi connectivity index (χ4v) is 2.25. The summed E-state index contributed by atoms with van der Waals surface area (Å²) in [4.78, 5) is 30.1. The maximum absolute atomic E-state index is 12.3. The van der Waals surface area contributed by atoms with Crippen molar-refractivity contribution in [3.05, 3.63) is 81.9 Å². The number of hydrogen-bond acceptors (Lipinski definition) is 4. The zero-order valence-electron chi connectivity index (χ0n) is 13.9. The van der Waals surface area contributed by atoms with E-state index in [4.69, 9.17) is 4.74 Å². The number of nitrogens with zero attached hydrogens (tertiary/aromatic N) is 1. The topological polar surface area (TPSA) is 84.1 Å². The van der Waals surface area contributed by atoms with E-state index in [0.29, 0.717) is 22.9 Å². The molecule has 0 radical (unpaired) electrons. The van der Waals surface area contributed by atoms with E-state index >= 15 is 0 Å². The minimum atomic E-state index is -0.366. The van der Waals surface area contributed by atoms with Gasteiger partial charge in [-0.3, -0.25) is 9.59 Å². The standard InChI is InChI=1S/C19H17N3O3/c1-12-5-3-7-16(13(12)2)25-19-15(6-4-10-20-19)22-18(24)14-8-9-17(23)21-11-14/h3-11H,1-2H3,(H,21,23)(H,22,24). The van der Waals surface area contributed by atoms with Crippen molar-refractivity contribution in [2.24, 2.45) is 0 Å². The molecule has 0 spiro atoms. The molecule has 0 saturated carbocycles. The Bertz CT molecular complexity index is 959. The van der Waals surface area contributed by atoms with Crippen molar-refractivity contribution < 1.29 is 9.53 Å². The largest absolute Gasteiger partial charge is 0.437 e. The maximum atomic E-state index is 12.3. The Labute approximate surface area is 144 Å². The second-order valence-corrected chi connectivity index (χ2v) is 5.55. The van der Waals surface area contributed by atoms with Crippen LogP contribution in [0.4, 0.5) is 5.69 Å². The summed E-state index contributed by atoms with van der Waals surface area (Å²) in [5.41, 5.74) is 2.62. The van der Waals surface area contributed by atoms with Crippen LogP contribution in [-0.4, -0.2) is 15.9 Å². The highest BCUT2D eigenvalue weighted by atomic mass is 16.5. The second-order valence-electron chi connectivity index (χ2n) is 5.55. The SMILES string of the molecule is Cc1cccc(Oc2ncccc2NC(=O)c2ccc(=O)[nH]c2)c1C. The summed E-state index contributed by atoms with van der Waals surface area (Å²) < 4.78 is 5.89. The van der Waals surface area contributed by atoms with Crippen molar-refractivity contribution in [3.8, 4) is 11.6 Å². The Hall–Kier alpha value is -3.41. The molecule has 2 aromatic heterocycles. The lowest BCUT2D eigenvalue weighted by Gasteiger charge is -2.13. The van der Waals surface area contributed by atoms with Gasteiger partial charge in [0.05, 0.1) is 5.56 Å². The number of amides is 1. The number of hydrogen-bond donors (Lipinski definition) is 2. The lowest BCUT2D eigenvalue weighted by atomic mass is 10.1. The average molecular weight is 335 g/mol. The molecule has 3 rings (SSSR count). The van der Waals surface area contributed by atoms with Gasteiger partial charge in [-0.25, -0.2) is 4.98 Å². The van der Waals surface area contributed by atoms with Crippen molar-refractivity contribution >= 4 is 11.6 Å². The molecule has 0 aliphatic carbocycles. The first-order valence-electron chi connectivity index (χ1n) is 7.74. The maximum Gasteiger partial charge on any atom is 0.257 e. The van der Waals surface area contributed by atoms with Crippen LogP contribution < -0.4 is 15.6 Å². The molecule has 6 heteroatoms. The highest BCUT2D eigenvalue weighted by Gasteiger charge is 2.13. The Morgan fingerprint density at radius 2 is 1.96 bits per heavy atom. The van der Waals surface area contributed by atoms with Crippen molar-refractivity contribution in [1.29, 1.82) is 0 Å². The van der Waals surface area contributed by atoms with Crippen molar-refractivity contribution in [2.75, 3.05) is 5.32 Å². The van der Waals surface area contributed by atoms with Gasteiger partial charge in [0.15, 0.2) is 0 Å². The summed E-state index contributed by atoms with van der Waals surface area (Å²) in [6.07, 6.45) is 2.95. The second kappa shape index (κ2) is 7.00. The number of aromatic amines is 1. The summed E-state index contributed by atoms with van der Waals surface area (Å²) in [5, 5.41) is 2.75. The van der Waals surface area contributed by atoms with Crippen LogP contribution in [0.5, 0.6) is 11.6 Å². The highest BCUT2D eigenvalue weighted by Crippen LogP contribution is 2.30. The lowest BCUT2D eigenvalue weighted by molar-refractivity contribution is 0.102. The van der Waals surface area contributed by atoms with Crippen LogP contribution in [0.2, 0.25) is 0 Å². The Kier molecular flexibility index (Phi) is 4.61. The molecule has 2 heterocycles. The fourth-order valence-electron chi connectivity index (χ4n) is 2.25. The van der Waals surface area contributed by atoms with Gasteiger partial charge in [0.25, 0.3) is 5.91 Å². The van der Waals surface area contributed by atoms with Gasteiger partial charge >= 0.3 is 0 Å². The van der Waals surface area contributed by atoms with Crippen LogP contribution in [0.1, 0.15) is 21.5 Å². The van der Waals surface area contributed by atoms with E-state index in [2.05, 4.69) is 15.3 Å². The third-order valence-corrected chi connectivity index (χ3v) is 3.83. The van der Waals surface area contributed by atoms with Crippen LogP contribution in [0.15, 0.2) is 59.7 Å². The van der Waals surface area contributed by atoms with Gasteiger partial charge < -0.3 is 15.0 Å². The molecule has 3 aromatic rings. The first kappa shape index (κ1) is 16.4. The van der Waals surface area contributed by atoms with Gasteiger partial charge in [0.2, 0.25) is 11.4 Å².